The lowest BCUT2D eigenvalue weighted by Crippen LogP contribution is -2.43. The second kappa shape index (κ2) is 7.58. The van der Waals surface area contributed by atoms with Gasteiger partial charge in [0, 0.05) is 12.1 Å². The average molecular weight is 362 g/mol. The molecule has 0 bridgehead atoms. The molecule has 0 saturated carbocycles. The van der Waals surface area contributed by atoms with Crippen molar-refractivity contribution in [3.8, 4) is 0 Å². The molecule has 1 atom stereocenters. The molecular formula is C12H13BrFN3O4. The average Bonchev–Trinajstić information content (AvgIpc) is 2.38. The summed E-state index contributed by atoms with van der Waals surface area (Å²) in [6.07, 6.45) is -0.309. The number of nitrogens with two attached hydrogens (primary N) is 1. The number of urea groups is 1. The number of halogens is 2. The summed E-state index contributed by atoms with van der Waals surface area (Å²) in [5.41, 5.74) is 5.08. The summed E-state index contributed by atoms with van der Waals surface area (Å²) in [4.78, 5) is 33.2. The smallest absolute Gasteiger partial charge is 0.326 e. The molecule has 1 aromatic rings. The Morgan fingerprint density at radius 3 is 2.57 bits per heavy atom. The number of hydrogen-bond donors (Lipinski definition) is 4. The Balaban J connectivity index is 2.62. The van der Waals surface area contributed by atoms with Crippen LogP contribution in [0.5, 0.6) is 0 Å². The van der Waals surface area contributed by atoms with Crippen LogP contribution in [-0.2, 0) is 9.59 Å². The van der Waals surface area contributed by atoms with E-state index < -0.39 is 29.8 Å². The van der Waals surface area contributed by atoms with Crippen molar-refractivity contribution in [1.82, 2.24) is 5.32 Å². The van der Waals surface area contributed by atoms with E-state index >= 15 is 0 Å². The van der Waals surface area contributed by atoms with Crippen molar-refractivity contribution in [1.29, 1.82) is 0 Å². The maximum absolute atomic E-state index is 13.3. The number of anilines is 1. The van der Waals surface area contributed by atoms with Crippen LogP contribution in [0.15, 0.2) is 22.7 Å². The van der Waals surface area contributed by atoms with Gasteiger partial charge in [0.15, 0.2) is 0 Å². The lowest BCUT2D eigenvalue weighted by Gasteiger charge is -2.14. The maximum atomic E-state index is 13.3. The van der Waals surface area contributed by atoms with Gasteiger partial charge in [-0.15, -0.1) is 0 Å². The number of carboxylic acid groups (broad SMARTS) is 1. The highest BCUT2D eigenvalue weighted by Gasteiger charge is 2.20. The molecule has 0 radical (unpaired) electrons. The number of benzene rings is 1. The predicted molar refractivity (Wildman–Crippen MR) is 76.1 cm³/mol. The molecule has 21 heavy (non-hydrogen) atoms. The summed E-state index contributed by atoms with van der Waals surface area (Å²) in [6.45, 7) is 0. The summed E-state index contributed by atoms with van der Waals surface area (Å²) >= 11 is 2.96. The van der Waals surface area contributed by atoms with Crippen molar-refractivity contribution in [3.05, 3.63) is 28.5 Å². The highest BCUT2D eigenvalue weighted by Crippen LogP contribution is 2.19. The third-order valence-corrected chi connectivity index (χ3v) is 3.10. The Hall–Kier alpha value is -2.16. The fourth-order valence-corrected chi connectivity index (χ4v) is 1.69. The number of aliphatic carboxylic acids is 1. The largest absolute Gasteiger partial charge is 0.480 e. The second-order valence-corrected chi connectivity index (χ2v) is 4.98. The van der Waals surface area contributed by atoms with Gasteiger partial charge < -0.3 is 21.5 Å². The Morgan fingerprint density at radius 1 is 1.38 bits per heavy atom. The van der Waals surface area contributed by atoms with Crippen LogP contribution < -0.4 is 16.4 Å². The third-order valence-electron chi connectivity index (χ3n) is 2.46. The molecule has 0 fully saturated rings. The standard InChI is InChI=1S/C12H13BrFN3O4/c13-7-2-1-6(5-8(7)14)16-12(21)17-9(11(19)20)3-4-10(15)18/h1-2,5,9H,3-4H2,(H2,15,18)(H,19,20)(H2,16,17,21)/t9-/m1/s1. The number of amides is 3. The van der Waals surface area contributed by atoms with E-state index in [2.05, 4.69) is 26.6 Å². The second-order valence-electron chi connectivity index (χ2n) is 4.12. The highest BCUT2D eigenvalue weighted by atomic mass is 79.9. The number of carbonyl (C=O) groups excluding carboxylic acids is 2. The molecule has 0 unspecified atom stereocenters. The minimum Gasteiger partial charge on any atom is -0.480 e. The topological polar surface area (TPSA) is 122 Å². The van der Waals surface area contributed by atoms with Crippen molar-refractivity contribution in [2.45, 2.75) is 18.9 Å². The van der Waals surface area contributed by atoms with E-state index in [4.69, 9.17) is 10.8 Å². The number of carbonyl (C=O) groups is 3. The molecular weight excluding hydrogens is 349 g/mol. The van der Waals surface area contributed by atoms with Crippen LogP contribution in [0, 0.1) is 5.82 Å². The number of rotatable bonds is 6. The van der Waals surface area contributed by atoms with Crippen LogP contribution in [0.3, 0.4) is 0 Å². The minimum absolute atomic E-state index is 0.132. The molecule has 0 aromatic heterocycles. The maximum Gasteiger partial charge on any atom is 0.326 e. The number of primary amides is 1. The zero-order valence-corrected chi connectivity index (χ0v) is 12.3. The van der Waals surface area contributed by atoms with Crippen LogP contribution in [0.1, 0.15) is 12.8 Å². The molecule has 0 aliphatic heterocycles. The molecule has 5 N–H and O–H groups in total. The predicted octanol–water partition coefficient (Wildman–Crippen LogP) is 1.43. The van der Waals surface area contributed by atoms with Crippen molar-refractivity contribution in [3.63, 3.8) is 0 Å². The van der Waals surface area contributed by atoms with Gasteiger partial charge in [0.25, 0.3) is 0 Å². The summed E-state index contributed by atoms with van der Waals surface area (Å²) in [5, 5.41) is 13.4. The number of nitrogens with one attached hydrogen (secondary N) is 2. The fourth-order valence-electron chi connectivity index (χ4n) is 1.44. The van der Waals surface area contributed by atoms with E-state index in [0.29, 0.717) is 0 Å². The van der Waals surface area contributed by atoms with Crippen molar-refractivity contribution >= 4 is 39.5 Å². The molecule has 114 valence electrons. The van der Waals surface area contributed by atoms with Crippen molar-refractivity contribution in [2.75, 3.05) is 5.32 Å². The quantitative estimate of drug-likeness (QED) is 0.612. The van der Waals surface area contributed by atoms with Crippen molar-refractivity contribution in [2.24, 2.45) is 5.73 Å². The summed E-state index contributed by atoms with van der Waals surface area (Å²) in [7, 11) is 0. The van der Waals surface area contributed by atoms with Gasteiger partial charge in [0.1, 0.15) is 11.9 Å². The highest BCUT2D eigenvalue weighted by molar-refractivity contribution is 9.10. The molecule has 0 aliphatic rings. The first-order chi connectivity index (χ1) is 9.79. The molecule has 9 heteroatoms. The van der Waals surface area contributed by atoms with Crippen LogP contribution in [0.2, 0.25) is 0 Å². The first-order valence-electron chi connectivity index (χ1n) is 5.83. The molecule has 0 aliphatic carbocycles. The zero-order valence-electron chi connectivity index (χ0n) is 10.7. The summed E-state index contributed by atoms with van der Waals surface area (Å²) in [6, 6.07) is 1.81. The van der Waals surface area contributed by atoms with Gasteiger partial charge >= 0.3 is 12.0 Å². The minimum atomic E-state index is -1.30. The van der Waals surface area contributed by atoms with E-state index in [1.807, 2.05) is 0 Å². The van der Waals surface area contributed by atoms with E-state index in [-0.39, 0.29) is 23.0 Å². The van der Waals surface area contributed by atoms with Crippen LogP contribution in [0.4, 0.5) is 14.9 Å². The first kappa shape index (κ1) is 16.9. The van der Waals surface area contributed by atoms with E-state index in [1.165, 1.54) is 12.1 Å². The zero-order chi connectivity index (χ0) is 16.0. The van der Waals surface area contributed by atoms with Gasteiger partial charge in [-0.3, -0.25) is 4.79 Å². The van der Waals surface area contributed by atoms with Crippen LogP contribution in [0.25, 0.3) is 0 Å². The SMILES string of the molecule is NC(=O)CC[C@@H](NC(=O)Nc1ccc(Br)c(F)c1)C(=O)O. The monoisotopic (exact) mass is 361 g/mol. The Labute approximate surface area is 127 Å². The van der Waals surface area contributed by atoms with E-state index in [0.717, 1.165) is 6.07 Å². The third kappa shape index (κ3) is 5.78. The summed E-state index contributed by atoms with van der Waals surface area (Å²) < 4.78 is 13.5. The van der Waals surface area contributed by atoms with Gasteiger partial charge in [-0.25, -0.2) is 14.0 Å². The van der Waals surface area contributed by atoms with E-state index in [1.54, 1.807) is 0 Å². The van der Waals surface area contributed by atoms with E-state index in [9.17, 15) is 18.8 Å². The van der Waals surface area contributed by atoms with Crippen LogP contribution >= 0.6 is 15.9 Å². The van der Waals surface area contributed by atoms with Crippen molar-refractivity contribution < 1.29 is 23.9 Å². The number of carboxylic acids is 1. The van der Waals surface area contributed by atoms with Gasteiger partial charge in [-0.1, -0.05) is 0 Å². The molecule has 0 saturated heterocycles. The fraction of sp³-hybridized carbons (Fsp3) is 0.250. The molecule has 7 nitrogen and oxygen atoms in total. The first-order valence-corrected chi connectivity index (χ1v) is 6.62. The van der Waals surface area contributed by atoms with Gasteiger partial charge in [-0.2, -0.15) is 0 Å². The number of hydrogen-bond acceptors (Lipinski definition) is 3. The van der Waals surface area contributed by atoms with Gasteiger partial charge in [0.2, 0.25) is 5.91 Å². The Morgan fingerprint density at radius 2 is 2.05 bits per heavy atom. The normalized spacial score (nSPS) is 11.5. The molecule has 1 aromatic carbocycles. The Bertz CT molecular complexity index is 567. The lowest BCUT2D eigenvalue weighted by atomic mass is 10.1. The van der Waals surface area contributed by atoms with Gasteiger partial charge in [-0.05, 0) is 40.5 Å². The molecule has 0 heterocycles. The van der Waals surface area contributed by atoms with Gasteiger partial charge in [0.05, 0.1) is 4.47 Å². The lowest BCUT2D eigenvalue weighted by molar-refractivity contribution is -0.139. The van der Waals surface area contributed by atoms with Crippen LogP contribution in [-0.4, -0.2) is 29.1 Å². The molecule has 0 spiro atoms. The molecule has 3 amide bonds. The summed E-state index contributed by atoms with van der Waals surface area (Å²) in [5.74, 6) is -2.54. The molecule has 1 rings (SSSR count). The Kier molecular flexibility index (Phi) is 6.10.